The van der Waals surface area contributed by atoms with Crippen molar-refractivity contribution in [2.45, 2.75) is 0 Å². The van der Waals surface area contributed by atoms with Crippen LogP contribution in [0.2, 0.25) is 20.1 Å². The van der Waals surface area contributed by atoms with Crippen molar-refractivity contribution in [2.75, 3.05) is 0 Å². The molecule has 0 saturated carbocycles. The van der Waals surface area contributed by atoms with Crippen molar-refractivity contribution < 1.29 is 0 Å². The number of nitrogens with zero attached hydrogens (tertiary/aromatic N) is 2. The predicted molar refractivity (Wildman–Crippen MR) is 221 cm³/mol. The van der Waals surface area contributed by atoms with Gasteiger partial charge in [-0.15, -0.1) is 0 Å². The Balaban J connectivity index is 1.51. The van der Waals surface area contributed by atoms with Crippen LogP contribution in [0.1, 0.15) is 22.8 Å². The van der Waals surface area contributed by atoms with Crippen LogP contribution in [-0.4, -0.2) is 19.9 Å². The number of nitrogens with one attached hydrogen (secondary N) is 2. The molecule has 8 heteroatoms. The van der Waals surface area contributed by atoms with Crippen LogP contribution in [0.4, 0.5) is 0 Å². The van der Waals surface area contributed by atoms with E-state index in [1.165, 1.54) is 0 Å². The summed E-state index contributed by atoms with van der Waals surface area (Å²) >= 11 is 27.7. The van der Waals surface area contributed by atoms with Gasteiger partial charge in [-0.3, -0.25) is 0 Å². The van der Waals surface area contributed by atoms with E-state index in [-0.39, 0.29) is 0 Å². The third kappa shape index (κ3) is 5.65. The normalized spacial score (nSPS) is 12.1. The van der Waals surface area contributed by atoms with Gasteiger partial charge in [0.15, 0.2) is 0 Å². The molecule has 8 bridgehead atoms. The molecule has 0 aliphatic carbocycles. The third-order valence-electron chi connectivity index (χ3n) is 9.30. The van der Waals surface area contributed by atoms with Crippen LogP contribution in [0.15, 0.2) is 121 Å². The molecule has 250 valence electrons. The molecule has 52 heavy (non-hydrogen) atoms. The summed E-state index contributed by atoms with van der Waals surface area (Å²) in [5.41, 5.74) is 13.1. The number of aromatic amines is 2. The van der Waals surface area contributed by atoms with Gasteiger partial charge >= 0.3 is 0 Å². The zero-order valence-corrected chi connectivity index (χ0v) is 30.3. The molecule has 9 rings (SSSR count). The molecule has 0 fully saturated rings. The lowest BCUT2D eigenvalue weighted by atomic mass is 10.0. The summed E-state index contributed by atoms with van der Waals surface area (Å²) in [6.07, 6.45) is 8.06. The van der Waals surface area contributed by atoms with Crippen LogP contribution in [-0.2, 0) is 0 Å². The molecule has 4 nitrogen and oxygen atoms in total. The molecule has 5 heterocycles. The lowest BCUT2D eigenvalue weighted by Gasteiger charge is -2.10. The van der Waals surface area contributed by atoms with Crippen LogP contribution < -0.4 is 0 Å². The maximum Gasteiger partial charge on any atom is 0.0739 e. The van der Waals surface area contributed by atoms with E-state index in [1.54, 1.807) is 0 Å². The molecule has 0 amide bonds. The number of aromatic nitrogens is 4. The second-order valence-corrected chi connectivity index (χ2v) is 14.1. The van der Waals surface area contributed by atoms with E-state index in [1.807, 2.05) is 97.1 Å². The van der Waals surface area contributed by atoms with Crippen molar-refractivity contribution in [3.8, 4) is 44.5 Å². The fourth-order valence-electron chi connectivity index (χ4n) is 7.02. The van der Waals surface area contributed by atoms with Crippen molar-refractivity contribution in [3.05, 3.63) is 164 Å². The minimum atomic E-state index is 0.509. The summed E-state index contributed by atoms with van der Waals surface area (Å²) in [5.74, 6) is 0. The van der Waals surface area contributed by atoms with E-state index in [0.29, 0.717) is 37.0 Å². The van der Waals surface area contributed by atoms with Crippen molar-refractivity contribution in [1.82, 2.24) is 19.9 Å². The smallest absolute Gasteiger partial charge is 0.0739 e. The molecule has 0 unspecified atom stereocenters. The summed E-state index contributed by atoms with van der Waals surface area (Å²) in [6, 6.07) is 39.8. The molecule has 0 atom stereocenters. The van der Waals surface area contributed by atoms with Gasteiger partial charge < -0.3 is 9.97 Å². The minimum absolute atomic E-state index is 0.509. The first-order valence-corrected chi connectivity index (χ1v) is 18.1. The summed E-state index contributed by atoms with van der Waals surface area (Å²) in [6.45, 7) is 0. The highest BCUT2D eigenvalue weighted by atomic mass is 35.5. The summed E-state index contributed by atoms with van der Waals surface area (Å²) in [5, 5.41) is 2.09. The average molecular weight is 753 g/mol. The van der Waals surface area contributed by atoms with E-state index in [4.69, 9.17) is 56.4 Å². The molecule has 2 N–H and O–H groups in total. The van der Waals surface area contributed by atoms with Crippen molar-refractivity contribution in [3.63, 3.8) is 0 Å². The van der Waals surface area contributed by atoms with E-state index >= 15 is 0 Å². The zero-order chi connectivity index (χ0) is 35.3. The van der Waals surface area contributed by atoms with Gasteiger partial charge in [-0.05, 0) is 84.0 Å². The molecule has 2 aliphatic heterocycles. The Bertz CT molecular complexity index is 2600. The summed E-state index contributed by atoms with van der Waals surface area (Å²) in [4.78, 5) is 18.0. The van der Waals surface area contributed by atoms with Crippen molar-refractivity contribution >= 4 is 92.8 Å². The summed E-state index contributed by atoms with van der Waals surface area (Å²) in [7, 11) is 0. The van der Waals surface area contributed by atoms with Crippen LogP contribution in [0.3, 0.4) is 0 Å². The fourth-order valence-corrected chi connectivity index (χ4v) is 8.20. The Labute approximate surface area is 319 Å². The van der Waals surface area contributed by atoms with E-state index in [9.17, 15) is 0 Å². The van der Waals surface area contributed by atoms with Crippen LogP contribution in [0.5, 0.6) is 0 Å². The highest BCUT2D eigenvalue weighted by molar-refractivity contribution is 6.40. The number of rotatable bonds is 4. The lowest BCUT2D eigenvalue weighted by Crippen LogP contribution is -1.92. The summed E-state index contributed by atoms with van der Waals surface area (Å²) < 4.78 is 0. The van der Waals surface area contributed by atoms with Crippen LogP contribution in [0.25, 0.3) is 90.9 Å². The highest BCUT2D eigenvalue weighted by Gasteiger charge is 2.22. The molecule has 0 saturated heterocycles. The second kappa shape index (κ2) is 13.3. The number of hydrogen-bond acceptors (Lipinski definition) is 2. The Kier molecular flexibility index (Phi) is 8.33. The first-order valence-electron chi connectivity index (χ1n) is 16.6. The minimum Gasteiger partial charge on any atom is -0.354 e. The Hall–Kier alpha value is -5.36. The van der Waals surface area contributed by atoms with E-state index in [2.05, 4.69) is 58.5 Å². The predicted octanol–water partition coefficient (Wildman–Crippen LogP) is 13.9. The first kappa shape index (κ1) is 32.5. The van der Waals surface area contributed by atoms with Gasteiger partial charge in [-0.25, -0.2) is 9.97 Å². The molecule has 3 aromatic heterocycles. The highest BCUT2D eigenvalue weighted by Crippen LogP contribution is 2.43. The Morgan fingerprint density at radius 3 is 1.02 bits per heavy atom. The topological polar surface area (TPSA) is 57.4 Å². The third-order valence-corrected chi connectivity index (χ3v) is 10.6. The molecular weight excluding hydrogens is 726 g/mol. The number of halogens is 4. The van der Waals surface area contributed by atoms with Gasteiger partial charge in [0.05, 0.1) is 42.9 Å². The molecule has 7 aromatic rings. The van der Waals surface area contributed by atoms with E-state index < -0.39 is 0 Å². The SMILES string of the molecule is Clc1cccc(Cl)c1-c1c2nc(c(-c3ccccc3)c3ccc([nH]3)c(-c3c(Cl)cccc3Cl)c3ccc([nH]3)c(-c3ccccc3)c3nc1C=C3)C=C2. The number of hydrogen-bond donors (Lipinski definition) is 2. The molecule has 0 radical (unpaired) electrons. The average Bonchev–Trinajstić information content (AvgIpc) is 3.99. The molecule has 4 aromatic carbocycles. The van der Waals surface area contributed by atoms with Gasteiger partial charge in [-0.1, -0.05) is 119 Å². The first-order chi connectivity index (χ1) is 25.4. The number of benzene rings is 4. The second-order valence-electron chi connectivity index (χ2n) is 12.4. The van der Waals surface area contributed by atoms with Crippen LogP contribution in [0, 0.1) is 0 Å². The van der Waals surface area contributed by atoms with Crippen molar-refractivity contribution in [2.24, 2.45) is 0 Å². The van der Waals surface area contributed by atoms with Gasteiger partial charge in [0.25, 0.3) is 0 Å². The van der Waals surface area contributed by atoms with Gasteiger partial charge in [0, 0.05) is 55.4 Å². The maximum absolute atomic E-state index is 6.94. The van der Waals surface area contributed by atoms with Crippen molar-refractivity contribution in [1.29, 1.82) is 0 Å². The largest absolute Gasteiger partial charge is 0.354 e. The molecular formula is C44H26Cl4N4. The Morgan fingerprint density at radius 2 is 0.635 bits per heavy atom. The zero-order valence-electron chi connectivity index (χ0n) is 27.3. The number of fused-ring (bicyclic) bond motifs is 8. The van der Waals surface area contributed by atoms with Gasteiger partial charge in [-0.2, -0.15) is 0 Å². The number of H-pyrrole nitrogens is 2. The Morgan fingerprint density at radius 1 is 0.308 bits per heavy atom. The van der Waals surface area contributed by atoms with Gasteiger partial charge in [0.1, 0.15) is 0 Å². The monoisotopic (exact) mass is 750 g/mol. The van der Waals surface area contributed by atoms with Crippen LogP contribution >= 0.6 is 46.4 Å². The van der Waals surface area contributed by atoms with E-state index in [0.717, 1.165) is 72.4 Å². The molecule has 2 aliphatic rings. The quantitative estimate of drug-likeness (QED) is 0.188. The fraction of sp³-hybridized carbons (Fsp3) is 0. The van der Waals surface area contributed by atoms with Gasteiger partial charge in [0.2, 0.25) is 0 Å². The molecule has 0 spiro atoms. The standard InChI is InChI=1S/C44H26Cl4N4/c45-27-13-7-14-28(46)41(27)43-35-21-17-31(49-35)39(25-9-3-1-4-10-25)32-18-22-36(50-32)44(42-29(47)15-8-16-30(42)48)38-24-20-34(52-38)40(26-11-5-2-6-12-26)33-19-23-37(43)51-33/h1-24,49,51H. The lowest BCUT2D eigenvalue weighted by molar-refractivity contribution is 1.28. The maximum atomic E-state index is 6.94.